The molecule has 0 unspecified atom stereocenters. The quantitative estimate of drug-likeness (QED) is 0.444. The summed E-state index contributed by atoms with van der Waals surface area (Å²) in [5, 5.41) is 7.83. The molecule has 0 spiro atoms. The van der Waals surface area contributed by atoms with Gasteiger partial charge in [-0.05, 0) is 30.7 Å². The molecule has 4 aromatic heterocycles. The zero-order chi connectivity index (χ0) is 24.1. The standard InChI is InChI=1S/C24H23N7O3/c1-13-20(12-29(3)28-13)31-21-16-8-14(6-7-18(16)26-11-19(21)30(4)24(31)33)15-9-17(22(32)25-2)23(34-5)27-10-15/h6-12H,1-5H3,(H,25,32). The van der Waals surface area contributed by atoms with Gasteiger partial charge in [-0.3, -0.25) is 23.6 Å². The summed E-state index contributed by atoms with van der Waals surface area (Å²) in [5.41, 5.74) is 5.36. The van der Waals surface area contributed by atoms with E-state index in [2.05, 4.69) is 20.4 Å². The Morgan fingerprint density at radius 1 is 1.09 bits per heavy atom. The van der Waals surface area contributed by atoms with Crippen LogP contribution in [0.5, 0.6) is 5.88 Å². The number of ether oxygens (including phenoxy) is 1. The average molecular weight is 457 g/mol. The van der Waals surface area contributed by atoms with Crippen LogP contribution in [0.25, 0.3) is 38.8 Å². The van der Waals surface area contributed by atoms with Gasteiger partial charge < -0.3 is 10.1 Å². The van der Waals surface area contributed by atoms with Gasteiger partial charge in [-0.1, -0.05) is 6.07 Å². The summed E-state index contributed by atoms with van der Waals surface area (Å²) < 4.78 is 10.2. The molecule has 0 bridgehead atoms. The van der Waals surface area contributed by atoms with Crippen LogP contribution in [0.4, 0.5) is 0 Å². The van der Waals surface area contributed by atoms with Crippen LogP contribution >= 0.6 is 0 Å². The van der Waals surface area contributed by atoms with E-state index in [1.807, 2.05) is 38.4 Å². The van der Waals surface area contributed by atoms with Crippen molar-refractivity contribution >= 4 is 27.8 Å². The molecule has 0 radical (unpaired) electrons. The molecule has 34 heavy (non-hydrogen) atoms. The van der Waals surface area contributed by atoms with E-state index in [0.29, 0.717) is 16.8 Å². The van der Waals surface area contributed by atoms with Gasteiger partial charge in [0.25, 0.3) is 5.91 Å². The van der Waals surface area contributed by atoms with Crippen LogP contribution < -0.4 is 15.7 Å². The fourth-order valence-electron chi connectivity index (χ4n) is 4.28. The Morgan fingerprint density at radius 2 is 1.88 bits per heavy atom. The van der Waals surface area contributed by atoms with Crippen LogP contribution in [-0.4, -0.2) is 48.9 Å². The lowest BCUT2D eigenvalue weighted by Crippen LogP contribution is -2.21. The molecule has 0 atom stereocenters. The van der Waals surface area contributed by atoms with Crippen molar-refractivity contribution in [2.24, 2.45) is 14.1 Å². The number of methoxy groups -OCH3 is 1. The molecule has 4 heterocycles. The second-order valence-electron chi connectivity index (χ2n) is 8.03. The first-order valence-electron chi connectivity index (χ1n) is 10.6. The van der Waals surface area contributed by atoms with Crippen molar-refractivity contribution in [2.45, 2.75) is 6.92 Å². The van der Waals surface area contributed by atoms with E-state index in [1.54, 1.807) is 46.4 Å². The smallest absolute Gasteiger partial charge is 0.333 e. The molecule has 1 aromatic carbocycles. The van der Waals surface area contributed by atoms with E-state index < -0.39 is 0 Å². The minimum atomic E-state index is -0.292. The molecule has 5 aromatic rings. The molecule has 10 nitrogen and oxygen atoms in total. The van der Waals surface area contributed by atoms with Gasteiger partial charge in [0.05, 0.1) is 41.2 Å². The number of benzene rings is 1. The van der Waals surface area contributed by atoms with Crippen LogP contribution in [0, 0.1) is 6.92 Å². The molecule has 0 fully saturated rings. The average Bonchev–Trinajstić information content (AvgIpc) is 3.31. The second-order valence-corrected chi connectivity index (χ2v) is 8.03. The van der Waals surface area contributed by atoms with Gasteiger partial charge in [0.1, 0.15) is 5.56 Å². The Balaban J connectivity index is 1.81. The van der Waals surface area contributed by atoms with Gasteiger partial charge >= 0.3 is 5.69 Å². The fourth-order valence-corrected chi connectivity index (χ4v) is 4.28. The van der Waals surface area contributed by atoms with Crippen molar-refractivity contribution in [1.29, 1.82) is 0 Å². The van der Waals surface area contributed by atoms with Crippen molar-refractivity contribution in [3.8, 4) is 22.7 Å². The minimum Gasteiger partial charge on any atom is -0.480 e. The van der Waals surface area contributed by atoms with E-state index in [-0.39, 0.29) is 17.5 Å². The third kappa shape index (κ3) is 3.14. The molecule has 0 aliphatic heterocycles. The Bertz CT molecular complexity index is 1660. The number of amides is 1. The maximum atomic E-state index is 13.3. The first kappa shape index (κ1) is 21.4. The van der Waals surface area contributed by atoms with Crippen molar-refractivity contribution in [3.63, 3.8) is 0 Å². The minimum absolute atomic E-state index is 0.182. The summed E-state index contributed by atoms with van der Waals surface area (Å²) in [6, 6.07) is 7.51. The number of pyridine rings is 2. The maximum absolute atomic E-state index is 13.3. The number of carbonyl (C=O) groups is 1. The highest BCUT2D eigenvalue weighted by Gasteiger charge is 2.20. The third-order valence-electron chi connectivity index (χ3n) is 5.96. The van der Waals surface area contributed by atoms with Crippen molar-refractivity contribution in [2.75, 3.05) is 14.2 Å². The monoisotopic (exact) mass is 457 g/mol. The molecule has 5 rings (SSSR count). The molecule has 0 aliphatic rings. The van der Waals surface area contributed by atoms with Gasteiger partial charge in [0.15, 0.2) is 0 Å². The number of hydrogen-bond donors (Lipinski definition) is 1. The van der Waals surface area contributed by atoms with E-state index in [0.717, 1.165) is 33.2 Å². The second kappa shape index (κ2) is 7.84. The van der Waals surface area contributed by atoms with Crippen molar-refractivity contribution in [1.82, 2.24) is 34.2 Å². The normalized spacial score (nSPS) is 11.3. The van der Waals surface area contributed by atoms with Gasteiger partial charge in [0, 0.05) is 44.5 Å². The van der Waals surface area contributed by atoms with Crippen LogP contribution in [0.2, 0.25) is 0 Å². The van der Waals surface area contributed by atoms with Crippen LogP contribution in [0.15, 0.2) is 47.7 Å². The Labute approximate surface area is 194 Å². The number of hydrogen-bond acceptors (Lipinski definition) is 6. The molecular formula is C24H23N7O3. The lowest BCUT2D eigenvalue weighted by atomic mass is 10.0. The number of imidazole rings is 1. The number of aryl methyl sites for hydroxylation is 3. The number of aromatic nitrogens is 6. The van der Waals surface area contributed by atoms with Gasteiger partial charge in [0.2, 0.25) is 5.88 Å². The number of carbonyl (C=O) groups excluding carboxylic acids is 1. The summed E-state index contributed by atoms with van der Waals surface area (Å²) in [7, 11) is 6.59. The largest absolute Gasteiger partial charge is 0.480 e. The first-order valence-corrected chi connectivity index (χ1v) is 10.6. The molecule has 0 saturated carbocycles. The zero-order valence-electron chi connectivity index (χ0n) is 19.4. The van der Waals surface area contributed by atoms with Crippen molar-refractivity contribution < 1.29 is 9.53 Å². The number of nitrogens with zero attached hydrogens (tertiary/aromatic N) is 6. The Hall–Kier alpha value is -4.47. The summed E-state index contributed by atoms with van der Waals surface area (Å²) in [4.78, 5) is 34.5. The lowest BCUT2D eigenvalue weighted by molar-refractivity contribution is 0.0959. The molecule has 1 amide bonds. The van der Waals surface area contributed by atoms with E-state index >= 15 is 0 Å². The van der Waals surface area contributed by atoms with E-state index in [4.69, 9.17) is 4.74 Å². The molecule has 172 valence electrons. The highest BCUT2D eigenvalue weighted by molar-refractivity contribution is 6.05. The maximum Gasteiger partial charge on any atom is 0.333 e. The van der Waals surface area contributed by atoms with Crippen LogP contribution in [0.3, 0.4) is 0 Å². The highest BCUT2D eigenvalue weighted by Crippen LogP contribution is 2.31. The lowest BCUT2D eigenvalue weighted by Gasteiger charge is -2.10. The van der Waals surface area contributed by atoms with Crippen molar-refractivity contribution in [3.05, 3.63) is 64.6 Å². The van der Waals surface area contributed by atoms with E-state index in [1.165, 1.54) is 7.11 Å². The predicted molar refractivity (Wildman–Crippen MR) is 128 cm³/mol. The predicted octanol–water partition coefficient (Wildman–Crippen LogP) is 2.35. The van der Waals surface area contributed by atoms with Gasteiger partial charge in [-0.2, -0.15) is 5.10 Å². The molecule has 10 heteroatoms. The Kier molecular flexibility index (Phi) is 4.93. The van der Waals surface area contributed by atoms with Gasteiger partial charge in [-0.15, -0.1) is 0 Å². The third-order valence-corrected chi connectivity index (χ3v) is 5.96. The SMILES string of the molecule is CNC(=O)c1cc(-c2ccc3ncc4c(c3c2)n(-c2cn(C)nc2C)c(=O)n4C)cnc1OC. The summed E-state index contributed by atoms with van der Waals surface area (Å²) in [6.07, 6.45) is 5.19. The number of nitrogens with one attached hydrogen (secondary N) is 1. The van der Waals surface area contributed by atoms with Crippen LogP contribution in [0.1, 0.15) is 16.1 Å². The van der Waals surface area contributed by atoms with Gasteiger partial charge in [-0.25, -0.2) is 9.78 Å². The number of fused-ring (bicyclic) bond motifs is 3. The number of rotatable bonds is 4. The molecule has 1 N–H and O–H groups in total. The highest BCUT2D eigenvalue weighted by atomic mass is 16.5. The summed E-state index contributed by atoms with van der Waals surface area (Å²) in [6.45, 7) is 1.87. The summed E-state index contributed by atoms with van der Waals surface area (Å²) in [5.74, 6) is -0.0445. The topological polar surface area (TPSA) is 109 Å². The first-order chi connectivity index (χ1) is 16.3. The molecular weight excluding hydrogens is 434 g/mol. The zero-order valence-corrected chi connectivity index (χ0v) is 19.4. The Morgan fingerprint density at radius 3 is 2.56 bits per heavy atom. The van der Waals surface area contributed by atoms with Crippen LogP contribution in [-0.2, 0) is 14.1 Å². The molecule has 0 saturated heterocycles. The van der Waals surface area contributed by atoms with E-state index in [9.17, 15) is 9.59 Å². The molecule has 0 aliphatic carbocycles. The fraction of sp³-hybridized carbons (Fsp3) is 0.208. The summed E-state index contributed by atoms with van der Waals surface area (Å²) >= 11 is 0.